The topological polar surface area (TPSA) is 69.0 Å². The van der Waals surface area contributed by atoms with Gasteiger partial charge in [0.05, 0.1) is 28.3 Å². The van der Waals surface area contributed by atoms with Crippen molar-refractivity contribution in [2.45, 2.75) is 51.5 Å². The van der Waals surface area contributed by atoms with Crippen LogP contribution in [0.3, 0.4) is 0 Å². The molecule has 5 rings (SSSR count). The van der Waals surface area contributed by atoms with Gasteiger partial charge in [0.25, 0.3) is 0 Å². The first-order valence-electron chi connectivity index (χ1n) is 12.1. The van der Waals surface area contributed by atoms with Crippen LogP contribution < -0.4 is 5.32 Å². The number of para-hydroxylation sites is 1. The average Bonchev–Trinajstić information content (AvgIpc) is 2.87. The minimum Gasteiger partial charge on any atom is -0.325 e. The van der Waals surface area contributed by atoms with Crippen LogP contribution in [0.5, 0.6) is 0 Å². The number of carbonyl (C=O) groups excluding carboxylic acids is 1. The molecule has 1 saturated carbocycles. The molecule has 5 heteroatoms. The van der Waals surface area contributed by atoms with Crippen molar-refractivity contribution in [2.24, 2.45) is 5.41 Å². The molecule has 33 heavy (non-hydrogen) atoms. The SMILES string of the molecule is N#Cc1ccc2c(c1)CN(CCC1(C(=O)Nc3ccnc4ccccc34)CCCCC1)CC2. The van der Waals surface area contributed by atoms with Gasteiger partial charge >= 0.3 is 0 Å². The summed E-state index contributed by atoms with van der Waals surface area (Å²) in [6, 6.07) is 18.2. The van der Waals surface area contributed by atoms with Crippen molar-refractivity contribution >= 4 is 22.5 Å². The Morgan fingerprint density at radius 2 is 1.94 bits per heavy atom. The molecule has 2 aromatic carbocycles. The highest BCUT2D eigenvalue weighted by Gasteiger charge is 2.39. The summed E-state index contributed by atoms with van der Waals surface area (Å²) in [5, 5.41) is 13.5. The van der Waals surface area contributed by atoms with Gasteiger partial charge in [0, 0.05) is 24.7 Å². The van der Waals surface area contributed by atoms with Gasteiger partial charge in [-0.05, 0) is 67.6 Å². The second-order valence-corrected chi connectivity index (χ2v) is 9.54. The highest BCUT2D eigenvalue weighted by Crippen LogP contribution is 2.41. The second-order valence-electron chi connectivity index (χ2n) is 9.54. The van der Waals surface area contributed by atoms with E-state index in [1.54, 1.807) is 6.20 Å². The predicted molar refractivity (Wildman–Crippen MR) is 131 cm³/mol. The molecule has 3 aromatic rings. The standard InChI is InChI=1S/C28H30N4O/c29-19-21-8-9-22-11-16-32(20-23(22)18-21)17-14-28(12-4-1-5-13-28)27(33)31-26-10-15-30-25-7-3-2-6-24(25)26/h2-3,6-10,15,18H,1,4-5,11-14,16-17,20H2,(H,30,31,33). The maximum atomic E-state index is 13.7. The van der Waals surface area contributed by atoms with E-state index in [2.05, 4.69) is 27.3 Å². The monoisotopic (exact) mass is 438 g/mol. The summed E-state index contributed by atoms with van der Waals surface area (Å²) in [4.78, 5) is 20.6. The highest BCUT2D eigenvalue weighted by atomic mass is 16.2. The van der Waals surface area contributed by atoms with Crippen molar-refractivity contribution in [3.05, 3.63) is 71.4 Å². The van der Waals surface area contributed by atoms with E-state index in [-0.39, 0.29) is 11.3 Å². The number of nitriles is 1. The Balaban J connectivity index is 1.32. The molecule has 0 radical (unpaired) electrons. The molecular formula is C28H30N4O. The lowest BCUT2D eigenvalue weighted by molar-refractivity contribution is -0.128. The summed E-state index contributed by atoms with van der Waals surface area (Å²) in [6.45, 7) is 2.77. The van der Waals surface area contributed by atoms with Crippen LogP contribution in [0.4, 0.5) is 5.69 Å². The molecule has 1 N–H and O–H groups in total. The lowest BCUT2D eigenvalue weighted by Gasteiger charge is -2.38. The largest absolute Gasteiger partial charge is 0.325 e. The number of hydrogen-bond donors (Lipinski definition) is 1. The van der Waals surface area contributed by atoms with Crippen molar-refractivity contribution in [1.29, 1.82) is 5.26 Å². The first kappa shape index (κ1) is 21.6. The molecular weight excluding hydrogens is 408 g/mol. The van der Waals surface area contributed by atoms with Gasteiger partial charge in [-0.3, -0.25) is 14.7 Å². The van der Waals surface area contributed by atoms with E-state index < -0.39 is 0 Å². The Morgan fingerprint density at radius 1 is 1.09 bits per heavy atom. The first-order chi connectivity index (χ1) is 16.2. The number of nitrogens with zero attached hydrogens (tertiary/aromatic N) is 3. The molecule has 2 heterocycles. The molecule has 1 aliphatic heterocycles. The maximum Gasteiger partial charge on any atom is 0.230 e. The van der Waals surface area contributed by atoms with Gasteiger partial charge in [-0.1, -0.05) is 43.5 Å². The van der Waals surface area contributed by atoms with Crippen molar-refractivity contribution in [1.82, 2.24) is 9.88 Å². The molecule has 1 aliphatic carbocycles. The molecule has 0 saturated heterocycles. The Labute approximate surface area is 195 Å². The van der Waals surface area contributed by atoms with Crippen LogP contribution in [0.1, 0.15) is 55.2 Å². The Hall–Kier alpha value is -3.23. The van der Waals surface area contributed by atoms with E-state index in [0.29, 0.717) is 0 Å². The number of pyridine rings is 1. The second kappa shape index (κ2) is 9.33. The molecule has 0 spiro atoms. The number of rotatable bonds is 5. The van der Waals surface area contributed by atoms with Crippen LogP contribution in [0.2, 0.25) is 0 Å². The van der Waals surface area contributed by atoms with Gasteiger partial charge in [-0.25, -0.2) is 0 Å². The van der Waals surface area contributed by atoms with Crippen LogP contribution in [-0.2, 0) is 17.8 Å². The number of benzene rings is 2. The van der Waals surface area contributed by atoms with E-state index in [1.165, 1.54) is 17.5 Å². The lowest BCUT2D eigenvalue weighted by Crippen LogP contribution is -2.42. The van der Waals surface area contributed by atoms with E-state index in [4.69, 9.17) is 0 Å². The number of carbonyl (C=O) groups is 1. The number of anilines is 1. The van der Waals surface area contributed by atoms with Crippen LogP contribution in [0.15, 0.2) is 54.7 Å². The van der Waals surface area contributed by atoms with Crippen molar-refractivity contribution in [3.8, 4) is 6.07 Å². The molecule has 1 aromatic heterocycles. The summed E-state index contributed by atoms with van der Waals surface area (Å²) in [5.41, 5.74) is 4.76. The summed E-state index contributed by atoms with van der Waals surface area (Å²) < 4.78 is 0. The minimum atomic E-state index is -0.322. The minimum absolute atomic E-state index is 0.155. The summed E-state index contributed by atoms with van der Waals surface area (Å²) in [7, 11) is 0. The van der Waals surface area contributed by atoms with E-state index >= 15 is 0 Å². The van der Waals surface area contributed by atoms with Gasteiger partial charge in [0.1, 0.15) is 0 Å². The molecule has 0 bridgehead atoms. The van der Waals surface area contributed by atoms with Crippen LogP contribution in [-0.4, -0.2) is 28.9 Å². The third-order valence-electron chi connectivity index (χ3n) is 7.52. The molecule has 5 nitrogen and oxygen atoms in total. The van der Waals surface area contributed by atoms with Crippen LogP contribution in [0, 0.1) is 16.7 Å². The van der Waals surface area contributed by atoms with Gasteiger partial charge in [-0.2, -0.15) is 5.26 Å². The zero-order chi connectivity index (χ0) is 22.7. The van der Waals surface area contributed by atoms with Crippen LogP contribution in [0.25, 0.3) is 10.9 Å². The number of fused-ring (bicyclic) bond motifs is 2. The molecule has 168 valence electrons. The summed E-state index contributed by atoms with van der Waals surface area (Å²) in [5.74, 6) is 0.155. The van der Waals surface area contributed by atoms with E-state index in [0.717, 1.165) is 80.3 Å². The number of amides is 1. The van der Waals surface area contributed by atoms with Crippen molar-refractivity contribution in [3.63, 3.8) is 0 Å². The maximum absolute atomic E-state index is 13.7. The van der Waals surface area contributed by atoms with Gasteiger partial charge in [-0.15, -0.1) is 0 Å². The smallest absolute Gasteiger partial charge is 0.230 e. The summed E-state index contributed by atoms with van der Waals surface area (Å²) in [6.07, 6.45) is 8.97. The number of aromatic nitrogens is 1. The van der Waals surface area contributed by atoms with Gasteiger partial charge in [0.2, 0.25) is 5.91 Å². The number of hydrogen-bond acceptors (Lipinski definition) is 4. The fraction of sp³-hybridized carbons (Fsp3) is 0.393. The molecule has 1 amide bonds. The van der Waals surface area contributed by atoms with E-state index in [1.807, 2.05) is 42.5 Å². The van der Waals surface area contributed by atoms with Crippen molar-refractivity contribution in [2.75, 3.05) is 18.4 Å². The normalized spacial score (nSPS) is 17.8. The Morgan fingerprint density at radius 3 is 2.79 bits per heavy atom. The Kier molecular flexibility index (Phi) is 6.11. The molecule has 2 aliphatic rings. The van der Waals surface area contributed by atoms with E-state index in [9.17, 15) is 10.1 Å². The zero-order valence-electron chi connectivity index (χ0n) is 19.0. The van der Waals surface area contributed by atoms with Crippen LogP contribution >= 0.6 is 0 Å². The first-order valence-corrected chi connectivity index (χ1v) is 12.1. The fourth-order valence-electron chi connectivity index (χ4n) is 5.53. The van der Waals surface area contributed by atoms with Crippen molar-refractivity contribution < 1.29 is 4.79 Å². The van der Waals surface area contributed by atoms with Gasteiger partial charge in [0.15, 0.2) is 0 Å². The molecule has 0 atom stereocenters. The number of nitrogens with one attached hydrogen (secondary N) is 1. The Bertz CT molecular complexity index is 1200. The predicted octanol–water partition coefficient (Wildman–Crippen LogP) is 5.44. The highest BCUT2D eigenvalue weighted by molar-refractivity contribution is 6.03. The third kappa shape index (κ3) is 4.49. The lowest BCUT2D eigenvalue weighted by atomic mass is 9.71. The zero-order valence-corrected chi connectivity index (χ0v) is 19.0. The fourth-order valence-corrected chi connectivity index (χ4v) is 5.53. The summed E-state index contributed by atoms with van der Waals surface area (Å²) >= 11 is 0. The molecule has 1 fully saturated rings. The van der Waals surface area contributed by atoms with Gasteiger partial charge < -0.3 is 5.32 Å². The average molecular weight is 439 g/mol. The molecule has 0 unspecified atom stereocenters. The third-order valence-corrected chi connectivity index (χ3v) is 7.52. The quantitative estimate of drug-likeness (QED) is 0.576.